The first-order valence-electron chi connectivity index (χ1n) is 7.60. The van der Waals surface area contributed by atoms with Gasteiger partial charge in [-0.15, -0.1) is 0 Å². The number of furan rings is 1. The van der Waals surface area contributed by atoms with Crippen LogP contribution in [0.1, 0.15) is 51.2 Å². The molecular formula is C16H24N2O3. The van der Waals surface area contributed by atoms with Crippen molar-refractivity contribution in [3.8, 4) is 0 Å². The maximum Gasteiger partial charge on any atom is 0.246 e. The van der Waals surface area contributed by atoms with E-state index < -0.39 is 6.04 Å². The number of nitrogens with zero attached hydrogens (tertiary/aromatic N) is 1. The van der Waals surface area contributed by atoms with E-state index in [0.29, 0.717) is 13.0 Å². The van der Waals surface area contributed by atoms with E-state index in [2.05, 4.69) is 5.32 Å². The van der Waals surface area contributed by atoms with E-state index in [1.165, 1.54) is 0 Å². The van der Waals surface area contributed by atoms with Crippen molar-refractivity contribution in [1.29, 1.82) is 0 Å². The van der Waals surface area contributed by atoms with Crippen LogP contribution in [0.4, 0.5) is 0 Å². The number of aryl methyl sites for hydroxylation is 1. The number of carbonyl (C=O) groups excluding carboxylic acids is 2. The average Bonchev–Trinajstić information content (AvgIpc) is 2.83. The van der Waals surface area contributed by atoms with Gasteiger partial charge in [-0.1, -0.05) is 20.3 Å². The average molecular weight is 292 g/mol. The second-order valence-corrected chi connectivity index (χ2v) is 5.84. The SMILES string of the molecule is CCC(C)C1NC(=O)CCN(C(C)c2ccc(C)o2)C1=O. The highest BCUT2D eigenvalue weighted by atomic mass is 16.3. The summed E-state index contributed by atoms with van der Waals surface area (Å²) in [7, 11) is 0. The lowest BCUT2D eigenvalue weighted by Gasteiger charge is -2.30. The summed E-state index contributed by atoms with van der Waals surface area (Å²) in [6.07, 6.45) is 1.18. The molecule has 5 heteroatoms. The third-order valence-electron chi connectivity index (χ3n) is 4.30. The van der Waals surface area contributed by atoms with E-state index >= 15 is 0 Å². The predicted molar refractivity (Wildman–Crippen MR) is 79.6 cm³/mol. The van der Waals surface area contributed by atoms with Crippen LogP contribution in [0.3, 0.4) is 0 Å². The lowest BCUT2D eigenvalue weighted by Crippen LogP contribution is -2.48. The summed E-state index contributed by atoms with van der Waals surface area (Å²) in [6, 6.07) is 3.18. The normalized spacial score (nSPS) is 22.7. The molecule has 0 aliphatic carbocycles. The second-order valence-electron chi connectivity index (χ2n) is 5.84. The summed E-state index contributed by atoms with van der Waals surface area (Å²) in [4.78, 5) is 26.4. The number of rotatable bonds is 4. The van der Waals surface area contributed by atoms with Gasteiger partial charge < -0.3 is 14.6 Å². The molecule has 0 aromatic carbocycles. The summed E-state index contributed by atoms with van der Waals surface area (Å²) in [5.74, 6) is 1.63. The summed E-state index contributed by atoms with van der Waals surface area (Å²) < 4.78 is 5.64. The van der Waals surface area contributed by atoms with Gasteiger partial charge in [0.25, 0.3) is 0 Å². The molecule has 116 valence electrons. The van der Waals surface area contributed by atoms with Gasteiger partial charge in [0, 0.05) is 13.0 Å². The minimum atomic E-state index is -0.441. The predicted octanol–water partition coefficient (Wildman–Crippen LogP) is 2.41. The van der Waals surface area contributed by atoms with Crippen LogP contribution in [0.2, 0.25) is 0 Å². The zero-order valence-corrected chi connectivity index (χ0v) is 13.2. The van der Waals surface area contributed by atoms with Gasteiger partial charge in [-0.3, -0.25) is 9.59 Å². The fourth-order valence-corrected chi connectivity index (χ4v) is 2.66. The molecule has 0 spiro atoms. The van der Waals surface area contributed by atoms with Crippen LogP contribution >= 0.6 is 0 Å². The van der Waals surface area contributed by atoms with Crippen molar-refractivity contribution in [2.45, 2.75) is 52.6 Å². The molecule has 0 saturated carbocycles. The van der Waals surface area contributed by atoms with Gasteiger partial charge in [-0.25, -0.2) is 0 Å². The quantitative estimate of drug-likeness (QED) is 0.927. The van der Waals surface area contributed by atoms with Crippen molar-refractivity contribution < 1.29 is 14.0 Å². The van der Waals surface area contributed by atoms with Crippen molar-refractivity contribution in [3.63, 3.8) is 0 Å². The summed E-state index contributed by atoms with van der Waals surface area (Å²) in [5.41, 5.74) is 0. The van der Waals surface area contributed by atoms with Crippen LogP contribution in [0.15, 0.2) is 16.5 Å². The second kappa shape index (κ2) is 6.33. The Labute approximate surface area is 125 Å². The Kier molecular flexibility index (Phi) is 4.70. The highest BCUT2D eigenvalue weighted by Crippen LogP contribution is 2.26. The van der Waals surface area contributed by atoms with Crippen LogP contribution in [0.25, 0.3) is 0 Å². The molecule has 1 saturated heterocycles. The fraction of sp³-hybridized carbons (Fsp3) is 0.625. The fourth-order valence-electron chi connectivity index (χ4n) is 2.66. The topological polar surface area (TPSA) is 62.6 Å². The monoisotopic (exact) mass is 292 g/mol. The van der Waals surface area contributed by atoms with Gasteiger partial charge in [0.2, 0.25) is 11.8 Å². The van der Waals surface area contributed by atoms with Crippen molar-refractivity contribution in [2.24, 2.45) is 5.92 Å². The number of carbonyl (C=O) groups is 2. The minimum absolute atomic E-state index is 0.0169. The first-order chi connectivity index (χ1) is 9.93. The van der Waals surface area contributed by atoms with Crippen molar-refractivity contribution in [1.82, 2.24) is 10.2 Å². The molecule has 3 atom stereocenters. The van der Waals surface area contributed by atoms with Crippen molar-refractivity contribution >= 4 is 11.8 Å². The largest absolute Gasteiger partial charge is 0.464 e. The van der Waals surface area contributed by atoms with Crippen LogP contribution in [-0.4, -0.2) is 29.3 Å². The number of hydrogen-bond donors (Lipinski definition) is 1. The molecule has 1 N–H and O–H groups in total. The lowest BCUT2D eigenvalue weighted by atomic mass is 9.97. The first-order valence-corrected chi connectivity index (χ1v) is 7.60. The standard InChI is InChI=1S/C16H24N2O3/c1-5-10(2)15-16(20)18(9-8-14(19)17-15)12(4)13-7-6-11(3)21-13/h6-7,10,12,15H,5,8-9H2,1-4H3,(H,17,19). The van der Waals surface area contributed by atoms with Gasteiger partial charge in [0.1, 0.15) is 17.6 Å². The molecule has 1 aliphatic rings. The van der Waals surface area contributed by atoms with Crippen molar-refractivity contribution in [2.75, 3.05) is 6.54 Å². The molecule has 1 aliphatic heterocycles. The van der Waals surface area contributed by atoms with Crippen LogP contribution in [-0.2, 0) is 9.59 Å². The third kappa shape index (κ3) is 3.28. The van der Waals surface area contributed by atoms with Gasteiger partial charge in [0.05, 0.1) is 6.04 Å². The first kappa shape index (κ1) is 15.6. The molecular weight excluding hydrogens is 268 g/mol. The maximum absolute atomic E-state index is 12.8. The molecule has 1 aromatic heterocycles. The van der Waals surface area contributed by atoms with E-state index in [1.54, 1.807) is 4.90 Å². The number of nitrogens with one attached hydrogen (secondary N) is 1. The van der Waals surface area contributed by atoms with E-state index in [0.717, 1.165) is 17.9 Å². The van der Waals surface area contributed by atoms with Gasteiger partial charge in [0.15, 0.2) is 0 Å². The molecule has 1 aromatic rings. The lowest BCUT2D eigenvalue weighted by molar-refractivity contribution is -0.137. The molecule has 3 unspecified atom stereocenters. The molecule has 5 nitrogen and oxygen atoms in total. The summed E-state index contributed by atoms with van der Waals surface area (Å²) >= 11 is 0. The van der Waals surface area contributed by atoms with E-state index in [4.69, 9.17) is 4.42 Å². The Hall–Kier alpha value is -1.78. The Bertz CT molecular complexity index is 523. The Morgan fingerprint density at radius 1 is 1.38 bits per heavy atom. The highest BCUT2D eigenvalue weighted by molar-refractivity contribution is 5.90. The zero-order valence-electron chi connectivity index (χ0n) is 13.2. The van der Waals surface area contributed by atoms with Crippen molar-refractivity contribution in [3.05, 3.63) is 23.7 Å². The molecule has 2 amide bonds. The maximum atomic E-state index is 12.8. The van der Waals surface area contributed by atoms with E-state index in [1.807, 2.05) is 39.8 Å². The van der Waals surface area contributed by atoms with Crippen LogP contribution in [0, 0.1) is 12.8 Å². The number of amides is 2. The zero-order chi connectivity index (χ0) is 15.6. The molecule has 0 bridgehead atoms. The molecule has 1 fully saturated rings. The van der Waals surface area contributed by atoms with Gasteiger partial charge in [-0.05, 0) is 31.9 Å². The van der Waals surface area contributed by atoms with Crippen LogP contribution < -0.4 is 5.32 Å². The summed E-state index contributed by atoms with van der Waals surface area (Å²) in [6.45, 7) is 8.28. The van der Waals surface area contributed by atoms with E-state index in [-0.39, 0.29) is 23.8 Å². The molecule has 2 heterocycles. The van der Waals surface area contributed by atoms with Crippen LogP contribution in [0.5, 0.6) is 0 Å². The summed E-state index contributed by atoms with van der Waals surface area (Å²) in [5, 5.41) is 2.86. The number of hydrogen-bond acceptors (Lipinski definition) is 3. The van der Waals surface area contributed by atoms with Gasteiger partial charge >= 0.3 is 0 Å². The minimum Gasteiger partial charge on any atom is -0.464 e. The smallest absolute Gasteiger partial charge is 0.246 e. The van der Waals surface area contributed by atoms with Gasteiger partial charge in [-0.2, -0.15) is 0 Å². The molecule has 21 heavy (non-hydrogen) atoms. The Morgan fingerprint density at radius 2 is 2.10 bits per heavy atom. The highest BCUT2D eigenvalue weighted by Gasteiger charge is 2.36. The third-order valence-corrected chi connectivity index (χ3v) is 4.30. The Morgan fingerprint density at radius 3 is 2.67 bits per heavy atom. The molecule has 2 rings (SSSR count). The van der Waals surface area contributed by atoms with E-state index in [9.17, 15) is 9.59 Å². The molecule has 0 radical (unpaired) electrons. The Balaban J connectivity index is 2.24.